The first kappa shape index (κ1) is 12.1. The van der Waals surface area contributed by atoms with Crippen LogP contribution in [0.2, 0.25) is 0 Å². The summed E-state index contributed by atoms with van der Waals surface area (Å²) >= 11 is 0. The van der Waals surface area contributed by atoms with E-state index in [1.165, 1.54) is 23.2 Å². The number of nitrogens with one attached hydrogen (secondary N) is 1. The lowest BCUT2D eigenvalue weighted by atomic mass is 10.1. The molecule has 0 saturated carbocycles. The molecule has 0 radical (unpaired) electrons. The zero-order valence-corrected chi connectivity index (χ0v) is 10.4. The van der Waals surface area contributed by atoms with Crippen molar-refractivity contribution in [3.8, 4) is 0 Å². The van der Waals surface area contributed by atoms with E-state index in [4.69, 9.17) is 0 Å². The van der Waals surface area contributed by atoms with Crippen molar-refractivity contribution < 1.29 is 0 Å². The van der Waals surface area contributed by atoms with Crippen LogP contribution in [0.5, 0.6) is 0 Å². The highest BCUT2D eigenvalue weighted by molar-refractivity contribution is 5.57. The molecule has 0 unspecified atom stereocenters. The number of hydrogen-bond donors (Lipinski definition) is 1. The lowest BCUT2D eigenvalue weighted by molar-refractivity contribution is 0.607. The molecule has 0 heterocycles. The summed E-state index contributed by atoms with van der Waals surface area (Å²) in [5.41, 5.74) is 4.14. The third kappa shape index (κ3) is 3.58. The third-order valence-corrected chi connectivity index (χ3v) is 2.76. The lowest BCUT2D eigenvalue weighted by Gasteiger charge is -2.14. The van der Waals surface area contributed by atoms with Gasteiger partial charge >= 0.3 is 0 Å². The quantitative estimate of drug-likeness (QED) is 0.765. The van der Waals surface area contributed by atoms with Gasteiger partial charge in [0.1, 0.15) is 0 Å². The molecule has 0 spiro atoms. The fourth-order valence-electron chi connectivity index (χ4n) is 1.76. The fraction of sp³-hybridized carbons (Fsp3) is 0.571. The molecule has 0 saturated heterocycles. The van der Waals surface area contributed by atoms with Gasteiger partial charge in [-0.3, -0.25) is 0 Å². The largest absolute Gasteiger partial charge is 0.385 e. The molecule has 0 amide bonds. The molecule has 15 heavy (non-hydrogen) atoms. The van der Waals surface area contributed by atoms with Crippen molar-refractivity contribution in [3.63, 3.8) is 0 Å². The van der Waals surface area contributed by atoms with Gasteiger partial charge in [-0.25, -0.2) is 0 Å². The Bertz CT molecular complexity index is 302. The number of hydrogen-bond acceptors (Lipinski definition) is 1. The van der Waals surface area contributed by atoms with Crippen LogP contribution in [0, 0.1) is 12.8 Å². The molecule has 0 atom stereocenters. The molecule has 1 heteroatoms. The van der Waals surface area contributed by atoms with Gasteiger partial charge in [-0.15, -0.1) is 0 Å². The van der Waals surface area contributed by atoms with Crippen molar-refractivity contribution >= 4 is 5.69 Å². The minimum absolute atomic E-state index is 0.770. The van der Waals surface area contributed by atoms with Gasteiger partial charge in [-0.2, -0.15) is 0 Å². The van der Waals surface area contributed by atoms with E-state index in [1.807, 2.05) is 0 Å². The standard InChI is InChI=1S/C14H23N/c1-5-13-8-6-7-12(4)14(13)15-10-9-11(2)3/h6-8,11,15H,5,9-10H2,1-4H3. The Morgan fingerprint density at radius 1 is 1.27 bits per heavy atom. The number of rotatable bonds is 5. The zero-order chi connectivity index (χ0) is 11.3. The van der Waals surface area contributed by atoms with Crippen LogP contribution >= 0.6 is 0 Å². The van der Waals surface area contributed by atoms with Crippen molar-refractivity contribution in [2.45, 2.75) is 40.5 Å². The predicted octanol–water partition coefficient (Wildman–Crippen LogP) is 4.02. The van der Waals surface area contributed by atoms with E-state index in [2.05, 4.69) is 51.2 Å². The molecule has 0 aliphatic carbocycles. The highest BCUT2D eigenvalue weighted by atomic mass is 14.9. The molecule has 0 fully saturated rings. The van der Waals surface area contributed by atoms with Crippen LogP contribution in [0.25, 0.3) is 0 Å². The highest BCUT2D eigenvalue weighted by Gasteiger charge is 2.03. The van der Waals surface area contributed by atoms with Crippen molar-refractivity contribution in [2.24, 2.45) is 5.92 Å². The fourth-order valence-corrected chi connectivity index (χ4v) is 1.76. The minimum atomic E-state index is 0.770. The first-order chi connectivity index (χ1) is 7.15. The van der Waals surface area contributed by atoms with Crippen LogP contribution in [0.15, 0.2) is 18.2 Å². The van der Waals surface area contributed by atoms with Crippen molar-refractivity contribution in [3.05, 3.63) is 29.3 Å². The van der Waals surface area contributed by atoms with Crippen LogP contribution in [0.3, 0.4) is 0 Å². The van der Waals surface area contributed by atoms with Gasteiger partial charge < -0.3 is 5.32 Å². The maximum atomic E-state index is 3.56. The van der Waals surface area contributed by atoms with Crippen LogP contribution < -0.4 is 5.32 Å². The Hall–Kier alpha value is -0.980. The number of para-hydroxylation sites is 1. The molecule has 1 N–H and O–H groups in total. The average molecular weight is 205 g/mol. The maximum Gasteiger partial charge on any atom is 0.0402 e. The molecule has 84 valence electrons. The monoisotopic (exact) mass is 205 g/mol. The molecule has 0 aromatic heterocycles. The Morgan fingerprint density at radius 2 is 2.00 bits per heavy atom. The van der Waals surface area contributed by atoms with E-state index in [0.717, 1.165) is 18.9 Å². The summed E-state index contributed by atoms with van der Waals surface area (Å²) in [6.07, 6.45) is 2.34. The van der Waals surface area contributed by atoms with Gasteiger partial charge in [0.15, 0.2) is 0 Å². The van der Waals surface area contributed by atoms with Crippen LogP contribution in [-0.4, -0.2) is 6.54 Å². The van der Waals surface area contributed by atoms with Crippen LogP contribution in [0.4, 0.5) is 5.69 Å². The Balaban J connectivity index is 2.66. The van der Waals surface area contributed by atoms with Gasteiger partial charge in [0.2, 0.25) is 0 Å². The maximum absolute atomic E-state index is 3.56. The van der Waals surface area contributed by atoms with E-state index < -0.39 is 0 Å². The summed E-state index contributed by atoms with van der Waals surface area (Å²) in [5.74, 6) is 0.770. The second-order valence-corrected chi connectivity index (χ2v) is 4.57. The highest BCUT2D eigenvalue weighted by Crippen LogP contribution is 2.21. The third-order valence-electron chi connectivity index (χ3n) is 2.76. The summed E-state index contributed by atoms with van der Waals surface area (Å²) in [5, 5.41) is 3.56. The lowest BCUT2D eigenvalue weighted by Crippen LogP contribution is -2.07. The first-order valence-electron chi connectivity index (χ1n) is 5.97. The second kappa shape index (κ2) is 5.79. The predicted molar refractivity (Wildman–Crippen MR) is 68.5 cm³/mol. The van der Waals surface area contributed by atoms with Crippen LogP contribution in [0.1, 0.15) is 38.3 Å². The van der Waals surface area contributed by atoms with E-state index in [0.29, 0.717) is 0 Å². The summed E-state index contributed by atoms with van der Waals surface area (Å²) in [6.45, 7) is 10.00. The molecule has 1 nitrogen and oxygen atoms in total. The minimum Gasteiger partial charge on any atom is -0.385 e. The number of aryl methyl sites for hydroxylation is 2. The molecule has 1 aromatic carbocycles. The smallest absolute Gasteiger partial charge is 0.0402 e. The molecular formula is C14H23N. The van der Waals surface area contributed by atoms with Gasteiger partial charge in [-0.05, 0) is 36.8 Å². The zero-order valence-electron chi connectivity index (χ0n) is 10.4. The van der Waals surface area contributed by atoms with Crippen molar-refractivity contribution in [1.82, 2.24) is 0 Å². The van der Waals surface area contributed by atoms with Gasteiger partial charge in [0, 0.05) is 12.2 Å². The van der Waals surface area contributed by atoms with E-state index in [9.17, 15) is 0 Å². The van der Waals surface area contributed by atoms with E-state index in [-0.39, 0.29) is 0 Å². The second-order valence-electron chi connectivity index (χ2n) is 4.57. The Kier molecular flexibility index (Phi) is 4.67. The first-order valence-corrected chi connectivity index (χ1v) is 5.97. The van der Waals surface area contributed by atoms with Gasteiger partial charge in [0.05, 0.1) is 0 Å². The Morgan fingerprint density at radius 3 is 2.60 bits per heavy atom. The van der Waals surface area contributed by atoms with Crippen LogP contribution in [-0.2, 0) is 6.42 Å². The summed E-state index contributed by atoms with van der Waals surface area (Å²) in [7, 11) is 0. The van der Waals surface area contributed by atoms with E-state index >= 15 is 0 Å². The summed E-state index contributed by atoms with van der Waals surface area (Å²) < 4.78 is 0. The molecule has 0 aliphatic rings. The van der Waals surface area contributed by atoms with Crippen molar-refractivity contribution in [2.75, 3.05) is 11.9 Å². The van der Waals surface area contributed by atoms with E-state index in [1.54, 1.807) is 0 Å². The average Bonchev–Trinajstić information content (AvgIpc) is 2.20. The number of anilines is 1. The summed E-state index contributed by atoms with van der Waals surface area (Å²) in [6, 6.07) is 6.53. The molecule has 0 bridgehead atoms. The normalized spacial score (nSPS) is 10.7. The Labute approximate surface area is 93.9 Å². The van der Waals surface area contributed by atoms with Gasteiger partial charge in [0.25, 0.3) is 0 Å². The summed E-state index contributed by atoms with van der Waals surface area (Å²) in [4.78, 5) is 0. The molecule has 0 aliphatic heterocycles. The SMILES string of the molecule is CCc1cccc(C)c1NCCC(C)C. The molecule has 1 rings (SSSR count). The van der Waals surface area contributed by atoms with Gasteiger partial charge in [-0.1, -0.05) is 39.0 Å². The van der Waals surface area contributed by atoms with Crippen molar-refractivity contribution in [1.29, 1.82) is 0 Å². The topological polar surface area (TPSA) is 12.0 Å². The molecular weight excluding hydrogens is 182 g/mol. The molecule has 1 aromatic rings. The number of benzene rings is 1.